The molecule has 1 aromatic rings. The summed E-state index contributed by atoms with van der Waals surface area (Å²) in [5.74, 6) is -0.138. The summed E-state index contributed by atoms with van der Waals surface area (Å²) in [7, 11) is 3.19. The van der Waals surface area contributed by atoms with Crippen LogP contribution < -0.4 is 10.1 Å². The number of nitrogens with one attached hydrogen (secondary N) is 1. The van der Waals surface area contributed by atoms with Gasteiger partial charge in [0.1, 0.15) is 0 Å². The van der Waals surface area contributed by atoms with Crippen LogP contribution in [0.4, 0.5) is 4.39 Å². The number of benzene rings is 1. The molecule has 0 aromatic heterocycles. The number of likely N-dealkylation sites (N-methyl/N-ethyl adjacent to an activating group) is 1. The van der Waals surface area contributed by atoms with E-state index in [-0.39, 0.29) is 17.7 Å². The van der Waals surface area contributed by atoms with Crippen LogP contribution in [0.2, 0.25) is 0 Å². The Morgan fingerprint density at radius 1 is 1.45 bits per heavy atom. The summed E-state index contributed by atoms with van der Waals surface area (Å²) in [6.45, 7) is 5.88. The van der Waals surface area contributed by atoms with E-state index in [1.807, 2.05) is 6.92 Å². The smallest absolute Gasteiger partial charge is 0.239 e. The maximum atomic E-state index is 13.7. The highest BCUT2D eigenvalue weighted by Gasteiger charge is 2.25. The normalized spacial score (nSPS) is 17.1. The van der Waals surface area contributed by atoms with Gasteiger partial charge in [0.2, 0.25) is 5.91 Å². The topological polar surface area (TPSA) is 44.8 Å². The maximum absolute atomic E-state index is 13.7. The molecule has 1 atom stereocenters. The summed E-state index contributed by atoms with van der Waals surface area (Å²) in [6.07, 6.45) is 0. The van der Waals surface area contributed by atoms with E-state index in [1.165, 1.54) is 13.2 Å². The van der Waals surface area contributed by atoms with Crippen LogP contribution >= 0.6 is 0 Å². The highest BCUT2D eigenvalue weighted by atomic mass is 19.1. The molecule has 2 rings (SSSR count). The van der Waals surface area contributed by atoms with E-state index < -0.39 is 5.82 Å². The van der Waals surface area contributed by atoms with Crippen molar-refractivity contribution >= 4 is 5.91 Å². The minimum Gasteiger partial charge on any atom is -0.494 e. The summed E-state index contributed by atoms with van der Waals surface area (Å²) < 4.78 is 18.6. The molecule has 1 N–H and O–H groups in total. The molecule has 1 heterocycles. The van der Waals surface area contributed by atoms with Crippen LogP contribution in [0.5, 0.6) is 5.75 Å². The number of carbonyl (C=O) groups excluding carboxylic acids is 1. The summed E-state index contributed by atoms with van der Waals surface area (Å²) in [6, 6.07) is 4.62. The Balaban J connectivity index is 1.96. The van der Waals surface area contributed by atoms with E-state index in [1.54, 1.807) is 24.1 Å². The number of halogens is 1. The molecule has 1 aromatic carbocycles. The van der Waals surface area contributed by atoms with Crippen LogP contribution in [0.1, 0.15) is 12.5 Å². The number of methoxy groups -OCH3 is 1. The predicted octanol–water partition coefficient (Wildman–Crippen LogP) is 1.09. The largest absolute Gasteiger partial charge is 0.494 e. The second kappa shape index (κ2) is 7.56. The molecule has 1 aliphatic rings. The SMILES string of the molecule is COc1ccc(CN(C)C(=O)C(C)N2CCNCC2)cc1F. The monoisotopic (exact) mass is 309 g/mol. The number of nitrogens with zero attached hydrogens (tertiary/aromatic N) is 2. The molecule has 0 radical (unpaired) electrons. The molecule has 1 amide bonds. The van der Waals surface area contributed by atoms with Crippen molar-refractivity contribution in [1.82, 2.24) is 15.1 Å². The van der Waals surface area contributed by atoms with E-state index in [0.29, 0.717) is 6.54 Å². The van der Waals surface area contributed by atoms with Crippen molar-refractivity contribution < 1.29 is 13.9 Å². The zero-order chi connectivity index (χ0) is 16.1. The molecular weight excluding hydrogens is 285 g/mol. The first-order valence-electron chi connectivity index (χ1n) is 7.55. The molecule has 0 spiro atoms. The van der Waals surface area contributed by atoms with Crippen LogP contribution in [-0.2, 0) is 11.3 Å². The van der Waals surface area contributed by atoms with Gasteiger partial charge < -0.3 is 15.0 Å². The first-order chi connectivity index (χ1) is 10.5. The van der Waals surface area contributed by atoms with Gasteiger partial charge in [0.25, 0.3) is 0 Å². The Bertz CT molecular complexity index is 518. The van der Waals surface area contributed by atoms with Crippen molar-refractivity contribution in [3.8, 4) is 5.75 Å². The van der Waals surface area contributed by atoms with Crippen LogP contribution in [0.3, 0.4) is 0 Å². The zero-order valence-corrected chi connectivity index (χ0v) is 13.4. The number of carbonyl (C=O) groups is 1. The summed E-state index contributed by atoms with van der Waals surface area (Å²) in [5, 5.41) is 3.27. The lowest BCUT2D eigenvalue weighted by molar-refractivity contribution is -0.135. The highest BCUT2D eigenvalue weighted by molar-refractivity contribution is 5.81. The molecule has 0 bridgehead atoms. The lowest BCUT2D eigenvalue weighted by atomic mass is 10.1. The third-order valence-corrected chi connectivity index (χ3v) is 4.07. The molecule has 0 aliphatic carbocycles. The molecule has 0 saturated carbocycles. The molecule has 6 heteroatoms. The third kappa shape index (κ3) is 3.96. The maximum Gasteiger partial charge on any atom is 0.239 e. The highest BCUT2D eigenvalue weighted by Crippen LogP contribution is 2.18. The van der Waals surface area contributed by atoms with Crippen molar-refractivity contribution in [3.05, 3.63) is 29.6 Å². The minimum atomic E-state index is -0.406. The van der Waals surface area contributed by atoms with Crippen LogP contribution in [0.15, 0.2) is 18.2 Å². The van der Waals surface area contributed by atoms with Crippen LogP contribution in [0.25, 0.3) is 0 Å². The number of rotatable bonds is 5. The second-order valence-electron chi connectivity index (χ2n) is 5.63. The van der Waals surface area contributed by atoms with Gasteiger partial charge in [-0.3, -0.25) is 9.69 Å². The van der Waals surface area contributed by atoms with Crippen molar-refractivity contribution in [3.63, 3.8) is 0 Å². The van der Waals surface area contributed by atoms with Gasteiger partial charge in [-0.2, -0.15) is 0 Å². The Hall–Kier alpha value is -1.66. The van der Waals surface area contributed by atoms with E-state index >= 15 is 0 Å². The standard InChI is InChI=1S/C16H24FN3O2/c1-12(20-8-6-18-7-9-20)16(21)19(2)11-13-4-5-15(22-3)14(17)10-13/h4-5,10,12,18H,6-9,11H2,1-3H3. The Labute approximate surface area is 131 Å². The quantitative estimate of drug-likeness (QED) is 0.884. The number of amides is 1. The Morgan fingerprint density at radius 2 is 2.14 bits per heavy atom. The minimum absolute atomic E-state index is 0.0538. The molecule has 1 fully saturated rings. The van der Waals surface area contributed by atoms with Gasteiger partial charge in [0.15, 0.2) is 11.6 Å². The number of hydrogen-bond acceptors (Lipinski definition) is 4. The number of piperazine rings is 1. The molecule has 1 saturated heterocycles. The number of hydrogen-bond donors (Lipinski definition) is 1. The second-order valence-corrected chi connectivity index (χ2v) is 5.63. The van der Waals surface area contributed by atoms with Crippen molar-refractivity contribution in [2.45, 2.75) is 19.5 Å². The molecule has 1 unspecified atom stereocenters. The number of ether oxygens (including phenoxy) is 1. The van der Waals surface area contributed by atoms with Gasteiger partial charge in [0.05, 0.1) is 13.2 Å². The van der Waals surface area contributed by atoms with Gasteiger partial charge in [-0.1, -0.05) is 6.07 Å². The Morgan fingerprint density at radius 3 is 2.73 bits per heavy atom. The fourth-order valence-corrected chi connectivity index (χ4v) is 2.70. The lowest BCUT2D eigenvalue weighted by Crippen LogP contribution is -2.52. The van der Waals surface area contributed by atoms with Crippen LogP contribution in [-0.4, -0.2) is 62.1 Å². The van der Waals surface area contributed by atoms with Gasteiger partial charge in [-0.25, -0.2) is 4.39 Å². The molecular formula is C16H24FN3O2. The van der Waals surface area contributed by atoms with Gasteiger partial charge in [-0.05, 0) is 24.6 Å². The summed E-state index contributed by atoms with van der Waals surface area (Å²) >= 11 is 0. The lowest BCUT2D eigenvalue weighted by Gasteiger charge is -2.34. The average Bonchev–Trinajstić information content (AvgIpc) is 2.54. The molecule has 1 aliphatic heterocycles. The van der Waals surface area contributed by atoms with Gasteiger partial charge in [0, 0.05) is 39.8 Å². The van der Waals surface area contributed by atoms with Crippen molar-refractivity contribution in [2.24, 2.45) is 0 Å². The van der Waals surface area contributed by atoms with E-state index in [2.05, 4.69) is 10.2 Å². The first-order valence-corrected chi connectivity index (χ1v) is 7.55. The van der Waals surface area contributed by atoms with Gasteiger partial charge >= 0.3 is 0 Å². The van der Waals surface area contributed by atoms with Crippen LogP contribution in [0, 0.1) is 5.82 Å². The van der Waals surface area contributed by atoms with Crippen molar-refractivity contribution in [2.75, 3.05) is 40.3 Å². The fourth-order valence-electron chi connectivity index (χ4n) is 2.70. The molecule has 122 valence electrons. The fraction of sp³-hybridized carbons (Fsp3) is 0.562. The summed E-state index contributed by atoms with van der Waals surface area (Å²) in [4.78, 5) is 16.3. The van der Waals surface area contributed by atoms with E-state index in [0.717, 1.165) is 31.7 Å². The summed E-state index contributed by atoms with van der Waals surface area (Å²) in [5.41, 5.74) is 0.752. The zero-order valence-electron chi connectivity index (χ0n) is 13.4. The van der Waals surface area contributed by atoms with E-state index in [9.17, 15) is 9.18 Å². The van der Waals surface area contributed by atoms with Crippen molar-refractivity contribution in [1.29, 1.82) is 0 Å². The first kappa shape index (κ1) is 16.7. The predicted molar refractivity (Wildman–Crippen MR) is 83.3 cm³/mol. The third-order valence-electron chi connectivity index (χ3n) is 4.07. The van der Waals surface area contributed by atoms with E-state index in [4.69, 9.17) is 4.74 Å². The molecule has 5 nitrogen and oxygen atoms in total. The average molecular weight is 309 g/mol. The van der Waals surface area contributed by atoms with Gasteiger partial charge in [-0.15, -0.1) is 0 Å². The Kier molecular flexibility index (Phi) is 5.74. The molecule has 22 heavy (non-hydrogen) atoms.